The van der Waals surface area contributed by atoms with Crippen molar-refractivity contribution in [3.63, 3.8) is 0 Å². The summed E-state index contributed by atoms with van der Waals surface area (Å²) in [7, 11) is 0. The van der Waals surface area contributed by atoms with Crippen LogP contribution in [0.4, 0.5) is 11.4 Å². The normalized spacial score (nSPS) is 20.1. The molecule has 0 spiro atoms. The molecule has 0 bridgehead atoms. The van der Waals surface area contributed by atoms with Crippen molar-refractivity contribution in [3.8, 4) is 23.8 Å². The number of halogens is 1. The van der Waals surface area contributed by atoms with Gasteiger partial charge in [0.15, 0.2) is 11.5 Å². The fourth-order valence-electron chi connectivity index (χ4n) is 4.97. The minimum absolute atomic E-state index is 0.178. The second kappa shape index (κ2) is 10.4. The Labute approximate surface area is 215 Å². The van der Waals surface area contributed by atoms with Gasteiger partial charge in [-0.2, -0.15) is 0 Å². The second-order valence-electron chi connectivity index (χ2n) is 8.67. The number of anilines is 1. The molecule has 176 valence electrons. The van der Waals surface area contributed by atoms with Gasteiger partial charge in [-0.1, -0.05) is 48.4 Å². The van der Waals surface area contributed by atoms with Crippen molar-refractivity contribution in [1.29, 1.82) is 0 Å². The van der Waals surface area contributed by atoms with Crippen molar-refractivity contribution in [2.24, 2.45) is 10.9 Å². The van der Waals surface area contributed by atoms with Crippen LogP contribution in [0.2, 0.25) is 0 Å². The third-order valence-electron chi connectivity index (χ3n) is 6.52. The first kappa shape index (κ1) is 23.3. The van der Waals surface area contributed by atoms with E-state index in [1.165, 1.54) is 16.8 Å². The minimum atomic E-state index is 0.178. The maximum Gasteiger partial charge on any atom is 0.176 e. The minimum Gasteiger partial charge on any atom is -0.490 e. The highest BCUT2D eigenvalue weighted by atomic mass is 79.9. The van der Waals surface area contributed by atoms with Crippen LogP contribution < -0.4 is 14.8 Å². The molecule has 1 N–H and O–H groups in total. The molecule has 1 aliphatic carbocycles. The van der Waals surface area contributed by atoms with E-state index in [0.29, 0.717) is 29.9 Å². The van der Waals surface area contributed by atoms with Crippen LogP contribution in [0.5, 0.6) is 11.5 Å². The monoisotopic (exact) mass is 526 g/mol. The smallest absolute Gasteiger partial charge is 0.176 e. The number of terminal acetylenes is 1. The molecule has 3 aromatic carbocycles. The molecule has 0 radical (unpaired) electrons. The van der Waals surface area contributed by atoms with Gasteiger partial charge in [-0.15, -0.1) is 6.42 Å². The third-order valence-corrected chi connectivity index (χ3v) is 7.11. The van der Waals surface area contributed by atoms with E-state index in [-0.39, 0.29) is 12.6 Å². The number of hydrogen-bond acceptors (Lipinski definition) is 4. The predicted octanol–water partition coefficient (Wildman–Crippen LogP) is 7.44. The molecule has 0 amide bonds. The molecule has 3 atom stereocenters. The molecule has 5 heteroatoms. The van der Waals surface area contributed by atoms with E-state index in [2.05, 4.69) is 87.9 Å². The van der Waals surface area contributed by atoms with Crippen molar-refractivity contribution in [2.75, 3.05) is 18.5 Å². The molecular formula is C30H27BrN2O2. The van der Waals surface area contributed by atoms with E-state index in [0.717, 1.165) is 22.1 Å². The van der Waals surface area contributed by atoms with Gasteiger partial charge in [0, 0.05) is 17.8 Å². The van der Waals surface area contributed by atoms with Crippen LogP contribution in [0.1, 0.15) is 42.0 Å². The summed E-state index contributed by atoms with van der Waals surface area (Å²) in [5, 5.41) is 3.78. The zero-order chi connectivity index (χ0) is 24.2. The van der Waals surface area contributed by atoms with Crippen LogP contribution in [0.3, 0.4) is 0 Å². The standard InChI is InChI=1S/C30H27BrN2O2/c1-3-16-35-30-26(31)17-20(18-28(30)34-4-2)19-32-22-14-12-21(13-15-22)29-25-10-7-9-23(25)24-8-5-6-11-27(24)33-29/h1,5-9,11-15,17-19,23,25,29,33H,4,10,16H2,2H3/t23-,25+,29-/m0/s1. The molecule has 2 aliphatic rings. The van der Waals surface area contributed by atoms with Crippen LogP contribution in [-0.4, -0.2) is 19.4 Å². The molecule has 5 rings (SSSR count). The van der Waals surface area contributed by atoms with E-state index in [1.807, 2.05) is 25.3 Å². The number of allylic oxidation sites excluding steroid dienone is 2. The first-order valence-corrected chi connectivity index (χ1v) is 12.7. The maximum atomic E-state index is 5.75. The summed E-state index contributed by atoms with van der Waals surface area (Å²) in [6.45, 7) is 2.64. The SMILES string of the molecule is C#CCOc1c(Br)cc(C=Nc2ccc([C@@H]3Nc4ccccc4[C@@H]4C=CC[C@H]43)cc2)cc1OCC. The predicted molar refractivity (Wildman–Crippen MR) is 146 cm³/mol. The number of benzene rings is 3. The summed E-state index contributed by atoms with van der Waals surface area (Å²) in [6.07, 6.45) is 13.0. The molecular weight excluding hydrogens is 500 g/mol. The Kier molecular flexibility index (Phi) is 6.92. The van der Waals surface area contributed by atoms with Crippen molar-refractivity contribution < 1.29 is 9.47 Å². The highest BCUT2D eigenvalue weighted by Gasteiger charge is 2.37. The lowest BCUT2D eigenvalue weighted by Crippen LogP contribution is -2.28. The number of aliphatic imine (C=N–C) groups is 1. The average molecular weight is 527 g/mol. The molecule has 1 aliphatic heterocycles. The first-order chi connectivity index (χ1) is 17.2. The van der Waals surface area contributed by atoms with Crippen molar-refractivity contribution >= 4 is 33.5 Å². The number of nitrogens with one attached hydrogen (secondary N) is 1. The topological polar surface area (TPSA) is 42.8 Å². The zero-order valence-corrected chi connectivity index (χ0v) is 21.2. The van der Waals surface area contributed by atoms with E-state index < -0.39 is 0 Å². The molecule has 0 saturated heterocycles. The van der Waals surface area contributed by atoms with Crippen LogP contribution in [0.15, 0.2) is 82.3 Å². The zero-order valence-electron chi connectivity index (χ0n) is 19.6. The van der Waals surface area contributed by atoms with E-state index >= 15 is 0 Å². The van der Waals surface area contributed by atoms with Crippen molar-refractivity contribution in [3.05, 3.63) is 94.0 Å². The average Bonchev–Trinajstić information content (AvgIpc) is 3.38. The lowest BCUT2D eigenvalue weighted by molar-refractivity contribution is 0.298. The Morgan fingerprint density at radius 1 is 1.14 bits per heavy atom. The molecule has 0 fully saturated rings. The number of fused-ring (bicyclic) bond motifs is 3. The van der Waals surface area contributed by atoms with Crippen LogP contribution in [0, 0.1) is 18.3 Å². The van der Waals surface area contributed by atoms with Crippen molar-refractivity contribution in [2.45, 2.75) is 25.3 Å². The van der Waals surface area contributed by atoms with Crippen molar-refractivity contribution in [1.82, 2.24) is 0 Å². The third kappa shape index (κ3) is 4.85. The van der Waals surface area contributed by atoms with E-state index in [4.69, 9.17) is 20.9 Å². The Bertz CT molecular complexity index is 1310. The highest BCUT2D eigenvalue weighted by Crippen LogP contribution is 2.49. The number of hydrogen-bond donors (Lipinski definition) is 1. The molecule has 1 heterocycles. The van der Waals surface area contributed by atoms with Gasteiger partial charge in [0.25, 0.3) is 0 Å². The maximum absolute atomic E-state index is 5.75. The van der Waals surface area contributed by atoms with Gasteiger partial charge < -0.3 is 14.8 Å². The quantitative estimate of drug-likeness (QED) is 0.197. The Morgan fingerprint density at radius 3 is 2.77 bits per heavy atom. The van der Waals surface area contributed by atoms with Crippen LogP contribution >= 0.6 is 15.9 Å². The molecule has 35 heavy (non-hydrogen) atoms. The molecule has 3 aromatic rings. The fraction of sp³-hybridized carbons (Fsp3) is 0.233. The largest absolute Gasteiger partial charge is 0.490 e. The molecule has 0 aromatic heterocycles. The fourth-order valence-corrected chi connectivity index (χ4v) is 5.54. The summed E-state index contributed by atoms with van der Waals surface area (Å²) >= 11 is 3.56. The van der Waals surface area contributed by atoms with Gasteiger partial charge >= 0.3 is 0 Å². The number of para-hydroxylation sites is 1. The van der Waals surface area contributed by atoms with Gasteiger partial charge in [-0.3, -0.25) is 4.99 Å². The lowest BCUT2D eigenvalue weighted by Gasteiger charge is -2.37. The number of rotatable bonds is 7. The Hall–Kier alpha value is -3.49. The number of nitrogens with zero attached hydrogens (tertiary/aromatic N) is 1. The van der Waals surface area contributed by atoms with Gasteiger partial charge in [0.05, 0.1) is 22.8 Å². The molecule has 0 unspecified atom stereocenters. The second-order valence-corrected chi connectivity index (χ2v) is 9.52. The summed E-state index contributed by atoms with van der Waals surface area (Å²) in [6, 6.07) is 21.3. The Balaban J connectivity index is 1.35. The first-order valence-electron chi connectivity index (χ1n) is 11.9. The van der Waals surface area contributed by atoms with Gasteiger partial charge in [-0.05, 0) is 82.2 Å². The summed E-state index contributed by atoms with van der Waals surface area (Å²) in [5.41, 5.74) is 5.72. The van der Waals surface area contributed by atoms with Gasteiger partial charge in [0.2, 0.25) is 0 Å². The van der Waals surface area contributed by atoms with E-state index in [9.17, 15) is 0 Å². The summed E-state index contributed by atoms with van der Waals surface area (Å²) in [5.74, 6) is 4.73. The highest BCUT2D eigenvalue weighted by molar-refractivity contribution is 9.10. The van der Waals surface area contributed by atoms with E-state index in [1.54, 1.807) is 0 Å². The number of ether oxygens (including phenoxy) is 2. The molecule has 4 nitrogen and oxygen atoms in total. The summed E-state index contributed by atoms with van der Waals surface area (Å²) in [4.78, 5) is 4.69. The van der Waals surface area contributed by atoms with Crippen LogP contribution in [0.25, 0.3) is 0 Å². The van der Waals surface area contributed by atoms with Gasteiger partial charge in [0.1, 0.15) is 6.61 Å². The lowest BCUT2D eigenvalue weighted by atomic mass is 9.77. The van der Waals surface area contributed by atoms with Crippen LogP contribution in [-0.2, 0) is 0 Å². The Morgan fingerprint density at radius 2 is 1.97 bits per heavy atom. The van der Waals surface area contributed by atoms with Gasteiger partial charge in [-0.25, -0.2) is 0 Å². The molecule has 0 saturated carbocycles. The summed E-state index contributed by atoms with van der Waals surface area (Å²) < 4.78 is 12.2.